The van der Waals surface area contributed by atoms with Crippen LogP contribution in [0.1, 0.15) is 32.6 Å². The second-order valence-corrected chi connectivity index (χ2v) is 8.43. The minimum absolute atomic E-state index is 0.0114. The smallest absolute Gasteiger partial charge is 0.364 e. The van der Waals surface area contributed by atoms with Crippen LogP contribution in [-0.4, -0.2) is 34.3 Å². The molecule has 1 heterocycles. The van der Waals surface area contributed by atoms with Crippen LogP contribution in [0.4, 0.5) is 30.7 Å². The second kappa shape index (κ2) is 10.4. The lowest BCUT2D eigenvalue weighted by atomic mass is 10.0. The number of carbonyl (C=O) groups is 1. The molecule has 0 amide bonds. The van der Waals surface area contributed by atoms with Gasteiger partial charge in [-0.15, -0.1) is 5.06 Å². The summed E-state index contributed by atoms with van der Waals surface area (Å²) < 4.78 is 92.3. The summed E-state index contributed by atoms with van der Waals surface area (Å²) in [6.45, 7) is 1.03. The number of aromatic nitrogens is 2. The van der Waals surface area contributed by atoms with Gasteiger partial charge in [0.1, 0.15) is 11.4 Å². The van der Waals surface area contributed by atoms with Gasteiger partial charge in [0.25, 0.3) is 0 Å². The molecule has 0 saturated heterocycles. The van der Waals surface area contributed by atoms with E-state index in [0.29, 0.717) is 28.4 Å². The van der Waals surface area contributed by atoms with Crippen molar-refractivity contribution in [2.75, 3.05) is 13.3 Å². The van der Waals surface area contributed by atoms with Crippen LogP contribution in [0.3, 0.4) is 0 Å². The van der Waals surface area contributed by atoms with E-state index in [0.717, 1.165) is 5.06 Å². The number of carbonyl (C=O) groups excluding carboxylic acids is 1. The Morgan fingerprint density at radius 1 is 1.03 bits per heavy atom. The van der Waals surface area contributed by atoms with Gasteiger partial charge in [0.05, 0.1) is 23.4 Å². The predicted octanol–water partition coefficient (Wildman–Crippen LogP) is 6.55. The van der Waals surface area contributed by atoms with Crippen molar-refractivity contribution < 1.29 is 40.4 Å². The first-order chi connectivity index (χ1) is 16.7. The second-order valence-electron chi connectivity index (χ2n) is 7.66. The topological polar surface area (TPSA) is 55.3 Å². The first-order valence-electron chi connectivity index (χ1n) is 10.1. The fraction of sp³-hybridized carbons (Fsp3) is 0.261. The van der Waals surface area contributed by atoms with Gasteiger partial charge < -0.3 is 4.84 Å². The van der Waals surface area contributed by atoms with Crippen LogP contribution in [0.2, 0.25) is 0 Å². The van der Waals surface area contributed by atoms with E-state index in [2.05, 4.69) is 9.97 Å². The van der Waals surface area contributed by atoms with E-state index in [4.69, 9.17) is 4.84 Å². The third-order valence-corrected chi connectivity index (χ3v) is 5.47. The van der Waals surface area contributed by atoms with E-state index < -0.39 is 41.8 Å². The molecule has 192 valence electrons. The van der Waals surface area contributed by atoms with Crippen LogP contribution in [0.5, 0.6) is 0 Å². The Morgan fingerprint density at radius 3 is 2.17 bits per heavy atom. The minimum Gasteiger partial charge on any atom is -0.364 e. The molecular formula is C23H18F7N3O2S. The number of thioether (sulfide) groups is 1. The summed E-state index contributed by atoms with van der Waals surface area (Å²) in [4.78, 5) is 26.4. The normalized spacial score (nSPS) is 12.2. The molecule has 13 heteroatoms. The summed E-state index contributed by atoms with van der Waals surface area (Å²) in [6, 6.07) is 4.93. The van der Waals surface area contributed by atoms with Gasteiger partial charge in [-0.05, 0) is 60.7 Å². The van der Waals surface area contributed by atoms with E-state index in [1.54, 1.807) is 13.2 Å². The maximum atomic E-state index is 13.6. The number of hydrogen-bond donors (Lipinski definition) is 0. The molecule has 36 heavy (non-hydrogen) atoms. The number of alkyl halides is 6. The SMILES string of the molecule is CSc1ncc(C(=O)ON(C)Cc2cc(C(F)(F)F)cc(C(F)(F)F)c2)c(-c2ccc(F)cc2C)n1. The Labute approximate surface area is 205 Å². The summed E-state index contributed by atoms with van der Waals surface area (Å²) in [5, 5.41) is 1.10. The third kappa shape index (κ3) is 6.52. The summed E-state index contributed by atoms with van der Waals surface area (Å²) in [5.41, 5.74) is -2.47. The van der Waals surface area contributed by atoms with Crippen LogP contribution in [0, 0.1) is 12.7 Å². The average molecular weight is 533 g/mol. The van der Waals surface area contributed by atoms with Crippen molar-refractivity contribution in [2.24, 2.45) is 0 Å². The van der Waals surface area contributed by atoms with Crippen LogP contribution < -0.4 is 0 Å². The zero-order valence-electron chi connectivity index (χ0n) is 19.0. The highest BCUT2D eigenvalue weighted by Crippen LogP contribution is 2.36. The fourth-order valence-corrected chi connectivity index (χ4v) is 3.64. The largest absolute Gasteiger partial charge is 0.416 e. The fourth-order valence-electron chi connectivity index (χ4n) is 3.30. The van der Waals surface area contributed by atoms with Gasteiger partial charge in [-0.2, -0.15) is 26.3 Å². The van der Waals surface area contributed by atoms with Crippen molar-refractivity contribution in [1.29, 1.82) is 0 Å². The summed E-state index contributed by atoms with van der Waals surface area (Å²) in [5.74, 6) is -1.51. The molecular weight excluding hydrogens is 515 g/mol. The lowest BCUT2D eigenvalue weighted by molar-refractivity contribution is -0.143. The molecule has 1 aromatic heterocycles. The number of halogens is 7. The van der Waals surface area contributed by atoms with E-state index in [9.17, 15) is 35.5 Å². The molecule has 0 fully saturated rings. The molecule has 0 saturated carbocycles. The summed E-state index contributed by atoms with van der Waals surface area (Å²) in [6.07, 6.45) is -7.14. The molecule has 0 atom stereocenters. The number of hydroxylamine groups is 2. The molecule has 5 nitrogen and oxygen atoms in total. The Bertz CT molecular complexity index is 1250. The van der Waals surface area contributed by atoms with E-state index >= 15 is 0 Å². The van der Waals surface area contributed by atoms with E-state index in [1.807, 2.05) is 0 Å². The summed E-state index contributed by atoms with van der Waals surface area (Å²) >= 11 is 1.19. The van der Waals surface area contributed by atoms with Crippen LogP contribution >= 0.6 is 11.8 Å². The molecule has 0 unspecified atom stereocenters. The Balaban J connectivity index is 1.90. The van der Waals surface area contributed by atoms with Crippen molar-refractivity contribution in [3.8, 4) is 11.3 Å². The minimum atomic E-state index is -5.01. The Hall–Kier alpha value is -3.19. The number of hydrogen-bond acceptors (Lipinski definition) is 6. The van der Waals surface area contributed by atoms with E-state index in [1.165, 1.54) is 43.2 Å². The van der Waals surface area contributed by atoms with Gasteiger partial charge in [-0.3, -0.25) is 0 Å². The van der Waals surface area contributed by atoms with Crippen molar-refractivity contribution in [1.82, 2.24) is 15.0 Å². The maximum Gasteiger partial charge on any atom is 0.416 e. The quantitative estimate of drug-likeness (QED) is 0.155. The Kier molecular flexibility index (Phi) is 7.94. The molecule has 0 aliphatic carbocycles. The molecule has 0 N–H and O–H groups in total. The van der Waals surface area contributed by atoms with Gasteiger partial charge in [-0.1, -0.05) is 11.8 Å². The molecule has 3 aromatic rings. The van der Waals surface area contributed by atoms with Gasteiger partial charge in [-0.25, -0.2) is 19.2 Å². The van der Waals surface area contributed by atoms with Crippen LogP contribution in [-0.2, 0) is 23.7 Å². The van der Waals surface area contributed by atoms with Crippen LogP contribution in [0.15, 0.2) is 47.8 Å². The predicted molar refractivity (Wildman–Crippen MR) is 117 cm³/mol. The third-order valence-electron chi connectivity index (χ3n) is 4.90. The number of benzene rings is 2. The summed E-state index contributed by atoms with van der Waals surface area (Å²) in [7, 11) is 1.17. The monoisotopic (exact) mass is 533 g/mol. The highest BCUT2D eigenvalue weighted by molar-refractivity contribution is 7.98. The van der Waals surface area contributed by atoms with Gasteiger partial charge in [0.2, 0.25) is 0 Å². The van der Waals surface area contributed by atoms with Gasteiger partial charge >= 0.3 is 18.3 Å². The lowest BCUT2D eigenvalue weighted by Crippen LogP contribution is -2.24. The lowest BCUT2D eigenvalue weighted by Gasteiger charge is -2.19. The molecule has 0 radical (unpaired) electrons. The molecule has 0 spiro atoms. The highest BCUT2D eigenvalue weighted by Gasteiger charge is 2.37. The highest BCUT2D eigenvalue weighted by atomic mass is 32.2. The Morgan fingerprint density at radius 2 is 1.64 bits per heavy atom. The molecule has 0 aliphatic heterocycles. The molecule has 0 aliphatic rings. The maximum absolute atomic E-state index is 13.6. The number of rotatable bonds is 6. The first kappa shape index (κ1) is 27.4. The van der Waals surface area contributed by atoms with Crippen LogP contribution in [0.25, 0.3) is 11.3 Å². The zero-order valence-corrected chi connectivity index (χ0v) is 19.8. The van der Waals surface area contributed by atoms with Crippen molar-refractivity contribution in [2.45, 2.75) is 31.0 Å². The zero-order chi connectivity index (χ0) is 26.8. The van der Waals surface area contributed by atoms with E-state index in [-0.39, 0.29) is 22.9 Å². The number of aryl methyl sites for hydroxylation is 1. The average Bonchev–Trinajstić information content (AvgIpc) is 2.77. The first-order valence-corrected chi connectivity index (χ1v) is 11.3. The molecule has 2 aromatic carbocycles. The molecule has 3 rings (SSSR count). The standard InChI is InChI=1S/C23H18F7N3O2S/c1-12-6-16(24)4-5-17(12)19-18(10-31-21(32-19)36-3)20(34)35-33(2)11-13-7-14(22(25,26)27)9-15(8-13)23(28,29)30/h4-10H,11H2,1-3H3. The van der Waals surface area contributed by atoms with Crippen molar-refractivity contribution in [3.63, 3.8) is 0 Å². The van der Waals surface area contributed by atoms with Gasteiger partial charge in [0, 0.05) is 18.8 Å². The van der Waals surface area contributed by atoms with Crippen molar-refractivity contribution >= 4 is 17.7 Å². The van der Waals surface area contributed by atoms with Crippen molar-refractivity contribution in [3.05, 3.63) is 76.2 Å². The van der Waals surface area contributed by atoms with Gasteiger partial charge in [0.15, 0.2) is 5.16 Å². The molecule has 0 bridgehead atoms. The number of nitrogens with zero attached hydrogens (tertiary/aromatic N) is 3.